The Morgan fingerprint density at radius 1 is 1.50 bits per heavy atom. The van der Waals surface area contributed by atoms with Crippen LogP contribution >= 0.6 is 0 Å². The van der Waals surface area contributed by atoms with Crippen molar-refractivity contribution in [2.24, 2.45) is 0 Å². The summed E-state index contributed by atoms with van der Waals surface area (Å²) in [4.78, 5) is 3.91. The molecule has 0 aliphatic carbocycles. The van der Waals surface area contributed by atoms with Crippen LogP contribution in [-0.4, -0.2) is 19.6 Å². The first-order chi connectivity index (χ1) is 4.86. The van der Waals surface area contributed by atoms with Gasteiger partial charge >= 0.3 is 0 Å². The quantitative estimate of drug-likeness (QED) is 0.538. The van der Waals surface area contributed by atoms with Gasteiger partial charge in [-0.15, -0.1) is 10.2 Å². The highest BCUT2D eigenvalue weighted by molar-refractivity contribution is 5.37. The van der Waals surface area contributed by atoms with Gasteiger partial charge in [0, 0.05) is 6.20 Å². The summed E-state index contributed by atoms with van der Waals surface area (Å²) in [5.74, 6) is 0.564. The molecule has 0 unspecified atom stereocenters. The normalized spacial score (nSPS) is 10.4. The second-order valence-corrected chi connectivity index (χ2v) is 1.93. The fraction of sp³-hybridized carbons (Fsp3) is 0. The van der Waals surface area contributed by atoms with Crippen LogP contribution in [0, 0.1) is 0 Å². The molecule has 10 heavy (non-hydrogen) atoms. The second-order valence-electron chi connectivity index (χ2n) is 1.93. The zero-order valence-electron chi connectivity index (χ0n) is 5.10. The first kappa shape index (κ1) is 5.16. The van der Waals surface area contributed by atoms with E-state index in [1.807, 2.05) is 0 Å². The highest BCUT2D eigenvalue weighted by Crippen LogP contribution is 1.98. The molecule has 5 nitrogen and oxygen atoms in total. The van der Waals surface area contributed by atoms with Gasteiger partial charge in [0.1, 0.15) is 6.33 Å². The van der Waals surface area contributed by atoms with Crippen LogP contribution in [0.15, 0.2) is 18.7 Å². The van der Waals surface area contributed by atoms with E-state index in [9.17, 15) is 0 Å². The van der Waals surface area contributed by atoms with Gasteiger partial charge in [0.2, 0.25) is 0 Å². The topological polar surface area (TPSA) is 69.1 Å². The molecule has 0 saturated heterocycles. The van der Waals surface area contributed by atoms with Crippen molar-refractivity contribution in [2.45, 2.75) is 0 Å². The molecule has 2 rings (SSSR count). The van der Waals surface area contributed by atoms with E-state index in [-0.39, 0.29) is 0 Å². The summed E-state index contributed by atoms with van der Waals surface area (Å²) in [6.45, 7) is 0. The van der Waals surface area contributed by atoms with Crippen LogP contribution in [0.5, 0.6) is 0 Å². The van der Waals surface area contributed by atoms with Crippen LogP contribution < -0.4 is 5.73 Å². The third-order valence-corrected chi connectivity index (χ3v) is 1.17. The molecule has 50 valence electrons. The minimum Gasteiger partial charge on any atom is -0.396 e. The van der Waals surface area contributed by atoms with Crippen LogP contribution in [0.25, 0.3) is 5.78 Å². The Morgan fingerprint density at radius 2 is 2.40 bits per heavy atom. The number of nitrogens with two attached hydrogens (primary N) is 1. The Kier molecular flexibility index (Phi) is 0.858. The number of nitrogen functional groups attached to an aromatic ring is 1. The molecule has 0 amide bonds. The zero-order chi connectivity index (χ0) is 6.97. The molecular formula is C5H5N5. The summed E-state index contributed by atoms with van der Waals surface area (Å²) in [6.07, 6.45) is 4.81. The van der Waals surface area contributed by atoms with Gasteiger partial charge in [-0.1, -0.05) is 0 Å². The van der Waals surface area contributed by atoms with Gasteiger partial charge < -0.3 is 5.73 Å². The lowest BCUT2D eigenvalue weighted by atomic mass is 10.6. The van der Waals surface area contributed by atoms with E-state index in [4.69, 9.17) is 5.73 Å². The number of fused-ring (bicyclic) bond motifs is 1. The maximum Gasteiger partial charge on any atom is 0.254 e. The fourth-order valence-corrected chi connectivity index (χ4v) is 0.746. The van der Waals surface area contributed by atoms with Crippen LogP contribution in [0.3, 0.4) is 0 Å². The highest BCUT2D eigenvalue weighted by atomic mass is 15.3. The van der Waals surface area contributed by atoms with E-state index < -0.39 is 0 Å². The summed E-state index contributed by atoms with van der Waals surface area (Å²) in [5, 5.41) is 7.34. The maximum atomic E-state index is 5.44. The molecule has 0 aromatic carbocycles. The first-order valence-corrected chi connectivity index (χ1v) is 2.77. The van der Waals surface area contributed by atoms with Gasteiger partial charge in [-0.3, -0.25) is 4.40 Å². The molecule has 2 heterocycles. The number of hydrogen-bond donors (Lipinski definition) is 1. The Hall–Kier alpha value is -1.65. The average molecular weight is 135 g/mol. The van der Waals surface area contributed by atoms with Crippen LogP contribution in [0.2, 0.25) is 0 Å². The van der Waals surface area contributed by atoms with Crippen molar-refractivity contribution in [3.05, 3.63) is 18.7 Å². The molecule has 2 aromatic rings. The molecule has 0 radical (unpaired) electrons. The fourth-order valence-electron chi connectivity index (χ4n) is 0.746. The number of hydrogen-bond acceptors (Lipinski definition) is 4. The molecule has 0 bridgehead atoms. The molecule has 0 aliphatic heterocycles. The molecule has 0 spiro atoms. The molecule has 0 fully saturated rings. The molecule has 0 atom stereocenters. The number of aromatic nitrogens is 4. The van der Waals surface area contributed by atoms with Gasteiger partial charge in [-0.05, 0) is 0 Å². The van der Waals surface area contributed by atoms with E-state index in [0.29, 0.717) is 11.5 Å². The first-order valence-electron chi connectivity index (χ1n) is 2.77. The monoisotopic (exact) mass is 135 g/mol. The van der Waals surface area contributed by atoms with Crippen molar-refractivity contribution in [1.82, 2.24) is 19.6 Å². The average Bonchev–Trinajstić information content (AvgIpc) is 2.33. The summed E-state index contributed by atoms with van der Waals surface area (Å²) >= 11 is 0. The predicted octanol–water partition coefficient (Wildman–Crippen LogP) is -0.294. The Balaban J connectivity index is 2.86. The lowest BCUT2D eigenvalue weighted by Crippen LogP contribution is -1.91. The molecule has 2 N–H and O–H groups in total. The van der Waals surface area contributed by atoms with Gasteiger partial charge in [0.05, 0.1) is 11.9 Å². The van der Waals surface area contributed by atoms with E-state index in [1.54, 1.807) is 23.1 Å². The van der Waals surface area contributed by atoms with Crippen molar-refractivity contribution < 1.29 is 0 Å². The lowest BCUT2D eigenvalue weighted by molar-refractivity contribution is 1.10. The summed E-state index contributed by atoms with van der Waals surface area (Å²) in [5.41, 5.74) is 6.05. The van der Waals surface area contributed by atoms with Gasteiger partial charge in [0.15, 0.2) is 0 Å². The predicted molar refractivity (Wildman–Crippen MR) is 35.2 cm³/mol. The molecule has 0 saturated carbocycles. The molecule has 0 aliphatic rings. The van der Waals surface area contributed by atoms with E-state index >= 15 is 0 Å². The maximum absolute atomic E-state index is 5.44. The van der Waals surface area contributed by atoms with Gasteiger partial charge in [-0.2, -0.15) is 0 Å². The second kappa shape index (κ2) is 1.66. The number of anilines is 1. The Morgan fingerprint density at radius 3 is 3.30 bits per heavy atom. The van der Waals surface area contributed by atoms with Crippen molar-refractivity contribution in [1.29, 1.82) is 0 Å². The summed E-state index contributed by atoms with van der Waals surface area (Å²) in [6, 6.07) is 0. The minimum atomic E-state index is 0.564. The van der Waals surface area contributed by atoms with Crippen LogP contribution in [-0.2, 0) is 0 Å². The van der Waals surface area contributed by atoms with Gasteiger partial charge in [-0.25, -0.2) is 4.98 Å². The number of nitrogens with zero attached hydrogens (tertiary/aromatic N) is 4. The minimum absolute atomic E-state index is 0.564. The molecule has 2 aromatic heterocycles. The van der Waals surface area contributed by atoms with E-state index in [1.165, 1.54) is 0 Å². The van der Waals surface area contributed by atoms with Crippen LogP contribution in [0.1, 0.15) is 0 Å². The van der Waals surface area contributed by atoms with Gasteiger partial charge in [0.25, 0.3) is 5.78 Å². The zero-order valence-corrected chi connectivity index (χ0v) is 5.10. The molecule has 5 heteroatoms. The summed E-state index contributed by atoms with van der Waals surface area (Å²) in [7, 11) is 0. The van der Waals surface area contributed by atoms with Crippen LogP contribution in [0.4, 0.5) is 5.69 Å². The Labute approximate surface area is 56.5 Å². The summed E-state index contributed by atoms with van der Waals surface area (Å²) < 4.78 is 1.66. The lowest BCUT2D eigenvalue weighted by Gasteiger charge is -1.90. The largest absolute Gasteiger partial charge is 0.396 e. The standard InChI is InChI=1S/C5H5N5/c6-4-1-7-5-9-8-3-10(5)2-4/h1-3H,6H2. The van der Waals surface area contributed by atoms with Crippen molar-refractivity contribution in [3.8, 4) is 0 Å². The van der Waals surface area contributed by atoms with Crippen molar-refractivity contribution in [2.75, 3.05) is 5.73 Å². The highest BCUT2D eigenvalue weighted by Gasteiger charge is 1.93. The SMILES string of the molecule is Nc1cnc2nncn2c1. The molecular weight excluding hydrogens is 130 g/mol. The third-order valence-electron chi connectivity index (χ3n) is 1.17. The Bertz CT molecular complexity index is 352. The van der Waals surface area contributed by atoms with Crippen molar-refractivity contribution >= 4 is 11.5 Å². The van der Waals surface area contributed by atoms with E-state index in [0.717, 1.165) is 0 Å². The smallest absolute Gasteiger partial charge is 0.254 e. The number of rotatable bonds is 0. The van der Waals surface area contributed by atoms with Crippen molar-refractivity contribution in [3.63, 3.8) is 0 Å². The third kappa shape index (κ3) is 0.604. The van der Waals surface area contributed by atoms with E-state index in [2.05, 4.69) is 15.2 Å².